The number of benzene rings is 1. The fraction of sp³-hybridized carbons (Fsp3) is 0.500. The zero-order valence-electron chi connectivity index (χ0n) is 12.0. The van der Waals surface area contributed by atoms with Crippen LogP contribution in [0, 0.1) is 23.5 Å². The van der Waals surface area contributed by atoms with Gasteiger partial charge in [-0.25, -0.2) is 8.78 Å². The minimum absolute atomic E-state index is 0.114. The quantitative estimate of drug-likeness (QED) is 0.871. The average Bonchev–Trinajstić information content (AvgIpc) is 2.73. The van der Waals surface area contributed by atoms with Gasteiger partial charge in [-0.05, 0) is 18.9 Å². The molecule has 1 aromatic carbocycles. The van der Waals surface area contributed by atoms with Gasteiger partial charge in [0.05, 0.1) is 24.5 Å². The lowest BCUT2D eigenvalue weighted by Crippen LogP contribution is -2.35. The molecular weight excluding hydrogens is 292 g/mol. The molecule has 1 saturated heterocycles. The van der Waals surface area contributed by atoms with Crippen molar-refractivity contribution >= 4 is 11.8 Å². The number of halogens is 2. The molecule has 0 radical (unpaired) electrons. The maximum absolute atomic E-state index is 13.7. The van der Waals surface area contributed by atoms with Gasteiger partial charge in [-0.3, -0.25) is 14.5 Å². The molecule has 3 rings (SSSR count). The SMILES string of the molecule is O=C1[C@H]2CCCC[C@H]2C(=O)N1C[C@H](O)c1ccc(F)cc1F. The molecule has 0 bridgehead atoms. The van der Waals surface area contributed by atoms with Crippen molar-refractivity contribution in [2.45, 2.75) is 31.8 Å². The van der Waals surface area contributed by atoms with Crippen molar-refractivity contribution in [3.8, 4) is 0 Å². The molecular formula is C16H17F2NO3. The predicted octanol–water partition coefficient (Wildman–Crippen LogP) is 2.17. The van der Waals surface area contributed by atoms with E-state index in [1.165, 1.54) is 0 Å². The van der Waals surface area contributed by atoms with Gasteiger partial charge in [0.15, 0.2) is 0 Å². The first-order valence-corrected chi connectivity index (χ1v) is 7.47. The van der Waals surface area contributed by atoms with Crippen molar-refractivity contribution in [1.82, 2.24) is 4.90 Å². The van der Waals surface area contributed by atoms with Gasteiger partial charge >= 0.3 is 0 Å². The van der Waals surface area contributed by atoms with Crippen LogP contribution in [-0.2, 0) is 9.59 Å². The van der Waals surface area contributed by atoms with E-state index in [0.717, 1.165) is 29.9 Å². The molecule has 118 valence electrons. The van der Waals surface area contributed by atoms with E-state index in [4.69, 9.17) is 0 Å². The van der Waals surface area contributed by atoms with E-state index in [1.807, 2.05) is 0 Å². The largest absolute Gasteiger partial charge is 0.386 e. The summed E-state index contributed by atoms with van der Waals surface area (Å²) in [6, 6.07) is 2.84. The second-order valence-electron chi connectivity index (χ2n) is 5.97. The summed E-state index contributed by atoms with van der Waals surface area (Å²) in [6.07, 6.45) is 1.86. The molecule has 0 aromatic heterocycles. The maximum Gasteiger partial charge on any atom is 0.233 e. The van der Waals surface area contributed by atoms with Gasteiger partial charge < -0.3 is 5.11 Å². The minimum atomic E-state index is -1.35. The molecule has 0 spiro atoms. The summed E-state index contributed by atoms with van der Waals surface area (Å²) in [5.41, 5.74) is -0.114. The third-order valence-corrected chi connectivity index (χ3v) is 4.61. The van der Waals surface area contributed by atoms with Crippen LogP contribution in [0.4, 0.5) is 8.78 Å². The number of hydrogen-bond donors (Lipinski definition) is 1. The average molecular weight is 309 g/mol. The summed E-state index contributed by atoms with van der Waals surface area (Å²) < 4.78 is 26.6. The van der Waals surface area contributed by atoms with Gasteiger partial charge in [0.25, 0.3) is 0 Å². The zero-order chi connectivity index (χ0) is 15.9. The Labute approximate surface area is 126 Å². The Morgan fingerprint density at radius 2 is 1.73 bits per heavy atom. The smallest absolute Gasteiger partial charge is 0.233 e. The van der Waals surface area contributed by atoms with Gasteiger partial charge in [-0.15, -0.1) is 0 Å². The lowest BCUT2D eigenvalue weighted by atomic mass is 9.81. The molecule has 3 atom stereocenters. The summed E-state index contributed by atoms with van der Waals surface area (Å²) in [7, 11) is 0. The van der Waals surface area contributed by atoms with Gasteiger partial charge in [0.2, 0.25) is 11.8 Å². The van der Waals surface area contributed by atoms with Crippen molar-refractivity contribution in [2.24, 2.45) is 11.8 Å². The normalized spacial score (nSPS) is 26.2. The molecule has 2 amide bonds. The molecule has 22 heavy (non-hydrogen) atoms. The number of likely N-dealkylation sites (tertiary alicyclic amines) is 1. The Morgan fingerprint density at radius 3 is 2.27 bits per heavy atom. The number of amides is 2. The molecule has 1 aliphatic carbocycles. The summed E-state index contributed by atoms with van der Waals surface area (Å²) in [5, 5.41) is 10.1. The molecule has 4 nitrogen and oxygen atoms in total. The number of nitrogens with zero attached hydrogens (tertiary/aromatic N) is 1. The number of aliphatic hydroxyl groups is 1. The molecule has 2 aliphatic rings. The van der Waals surface area contributed by atoms with Gasteiger partial charge in [-0.1, -0.05) is 18.9 Å². The standard InChI is InChI=1S/C16H17F2NO3/c17-9-5-6-12(13(18)7-9)14(20)8-19-15(21)10-3-1-2-4-11(10)16(19)22/h5-7,10-11,14,20H,1-4,8H2/t10-,11+,14-/m0/s1. The number of aliphatic hydroxyl groups excluding tert-OH is 1. The van der Waals surface area contributed by atoms with E-state index < -0.39 is 17.7 Å². The highest BCUT2D eigenvalue weighted by atomic mass is 19.1. The fourth-order valence-corrected chi connectivity index (χ4v) is 3.45. The first-order valence-electron chi connectivity index (χ1n) is 7.47. The topological polar surface area (TPSA) is 57.6 Å². The van der Waals surface area contributed by atoms with Crippen molar-refractivity contribution in [3.05, 3.63) is 35.4 Å². The van der Waals surface area contributed by atoms with Crippen LogP contribution in [0.5, 0.6) is 0 Å². The van der Waals surface area contributed by atoms with Crippen LogP contribution < -0.4 is 0 Å². The molecule has 1 heterocycles. The molecule has 1 saturated carbocycles. The van der Waals surface area contributed by atoms with Crippen LogP contribution in [-0.4, -0.2) is 28.4 Å². The van der Waals surface area contributed by atoms with Crippen LogP contribution in [0.2, 0.25) is 0 Å². The molecule has 6 heteroatoms. The Hall–Kier alpha value is -1.82. The summed E-state index contributed by atoms with van der Waals surface area (Å²) >= 11 is 0. The highest BCUT2D eigenvalue weighted by molar-refractivity contribution is 6.05. The Bertz CT molecular complexity index is 595. The van der Waals surface area contributed by atoms with E-state index in [2.05, 4.69) is 0 Å². The number of β-amino-alcohol motifs (C(OH)–C–C–N with tert-alkyl or cyclic N) is 1. The number of imide groups is 1. The maximum atomic E-state index is 13.7. The molecule has 1 N–H and O–H groups in total. The second kappa shape index (κ2) is 5.76. The number of hydrogen-bond acceptors (Lipinski definition) is 3. The van der Waals surface area contributed by atoms with Crippen LogP contribution in [0.15, 0.2) is 18.2 Å². The van der Waals surface area contributed by atoms with E-state index in [1.54, 1.807) is 0 Å². The third kappa shape index (κ3) is 2.52. The van der Waals surface area contributed by atoms with Crippen LogP contribution in [0.25, 0.3) is 0 Å². The van der Waals surface area contributed by atoms with E-state index in [9.17, 15) is 23.5 Å². The number of rotatable bonds is 3. The predicted molar refractivity (Wildman–Crippen MR) is 73.5 cm³/mol. The minimum Gasteiger partial charge on any atom is -0.386 e. The first kappa shape index (κ1) is 15.1. The fourth-order valence-electron chi connectivity index (χ4n) is 3.45. The molecule has 1 aliphatic heterocycles. The molecule has 0 unspecified atom stereocenters. The number of carbonyl (C=O) groups excluding carboxylic acids is 2. The second-order valence-corrected chi connectivity index (χ2v) is 5.97. The van der Waals surface area contributed by atoms with Crippen LogP contribution in [0.3, 0.4) is 0 Å². The van der Waals surface area contributed by atoms with Gasteiger partial charge in [0.1, 0.15) is 11.6 Å². The van der Waals surface area contributed by atoms with Crippen molar-refractivity contribution in [1.29, 1.82) is 0 Å². The van der Waals surface area contributed by atoms with E-state index in [-0.39, 0.29) is 35.8 Å². The lowest BCUT2D eigenvalue weighted by molar-refractivity contribution is -0.141. The first-order chi connectivity index (χ1) is 10.5. The van der Waals surface area contributed by atoms with Crippen molar-refractivity contribution < 1.29 is 23.5 Å². The van der Waals surface area contributed by atoms with E-state index >= 15 is 0 Å². The lowest BCUT2D eigenvalue weighted by Gasteiger charge is -2.19. The molecule has 2 fully saturated rings. The van der Waals surface area contributed by atoms with Crippen LogP contribution in [0.1, 0.15) is 37.4 Å². The zero-order valence-corrected chi connectivity index (χ0v) is 12.0. The van der Waals surface area contributed by atoms with Gasteiger partial charge in [0, 0.05) is 11.6 Å². The highest BCUT2D eigenvalue weighted by Crippen LogP contribution is 2.38. The number of fused-ring (bicyclic) bond motifs is 1. The van der Waals surface area contributed by atoms with Crippen LogP contribution >= 0.6 is 0 Å². The molecule has 1 aromatic rings. The Kier molecular flexibility index (Phi) is 3.95. The van der Waals surface area contributed by atoms with Crippen molar-refractivity contribution in [2.75, 3.05) is 6.54 Å². The monoisotopic (exact) mass is 309 g/mol. The summed E-state index contributed by atoms with van der Waals surface area (Å²) in [5.74, 6) is -2.79. The summed E-state index contributed by atoms with van der Waals surface area (Å²) in [6.45, 7) is -0.285. The van der Waals surface area contributed by atoms with E-state index in [0.29, 0.717) is 18.9 Å². The number of carbonyl (C=O) groups is 2. The van der Waals surface area contributed by atoms with Gasteiger partial charge in [-0.2, -0.15) is 0 Å². The van der Waals surface area contributed by atoms with Crippen molar-refractivity contribution in [3.63, 3.8) is 0 Å². The highest BCUT2D eigenvalue weighted by Gasteiger charge is 2.48. The third-order valence-electron chi connectivity index (χ3n) is 4.61. The Morgan fingerprint density at radius 1 is 1.14 bits per heavy atom. The Balaban J connectivity index is 1.77. The summed E-state index contributed by atoms with van der Waals surface area (Å²) in [4.78, 5) is 25.6.